The van der Waals surface area contributed by atoms with Crippen molar-refractivity contribution in [3.63, 3.8) is 0 Å². The van der Waals surface area contributed by atoms with E-state index >= 15 is 0 Å². The molecule has 2 atom stereocenters. The molecule has 1 nitrogen and oxygen atoms in total. The Labute approximate surface area is 81.5 Å². The third-order valence-corrected chi connectivity index (χ3v) is 4.29. The predicted molar refractivity (Wildman–Crippen MR) is 54.4 cm³/mol. The highest BCUT2D eigenvalue weighted by Crippen LogP contribution is 2.42. The summed E-state index contributed by atoms with van der Waals surface area (Å²) in [6, 6.07) is 2.97. The van der Waals surface area contributed by atoms with Crippen molar-refractivity contribution in [1.29, 1.82) is 0 Å². The third-order valence-electron chi connectivity index (χ3n) is 4.29. The molecule has 1 heteroatoms. The summed E-state index contributed by atoms with van der Waals surface area (Å²) in [5.74, 6) is 0. The molecule has 2 unspecified atom stereocenters. The second kappa shape index (κ2) is 3.27. The Kier molecular flexibility index (Phi) is 2.08. The minimum absolute atomic E-state index is 0.967. The zero-order valence-corrected chi connectivity index (χ0v) is 8.41. The van der Waals surface area contributed by atoms with Gasteiger partial charge in [0.1, 0.15) is 0 Å². The Morgan fingerprint density at radius 2 is 1.54 bits per heavy atom. The number of piperidine rings is 1. The first-order chi connectivity index (χ1) is 6.45. The molecule has 3 fully saturated rings. The SMILES string of the molecule is [CH]1CCC(N2C3CCCC2C3)CC1. The van der Waals surface area contributed by atoms with Crippen molar-refractivity contribution in [2.24, 2.45) is 0 Å². The number of hydrogen-bond acceptors (Lipinski definition) is 1. The van der Waals surface area contributed by atoms with Crippen LogP contribution < -0.4 is 0 Å². The van der Waals surface area contributed by atoms with Crippen molar-refractivity contribution in [3.05, 3.63) is 6.42 Å². The Morgan fingerprint density at radius 1 is 0.846 bits per heavy atom. The van der Waals surface area contributed by atoms with Crippen LogP contribution in [-0.4, -0.2) is 23.0 Å². The van der Waals surface area contributed by atoms with Gasteiger partial charge in [-0.1, -0.05) is 6.42 Å². The maximum Gasteiger partial charge on any atom is 0.0116 e. The Balaban J connectivity index is 1.64. The normalized spacial score (nSPS) is 41.5. The quantitative estimate of drug-likeness (QED) is 0.597. The number of hydrogen-bond donors (Lipinski definition) is 0. The molecule has 0 N–H and O–H groups in total. The molecule has 2 bridgehead atoms. The van der Waals surface area contributed by atoms with E-state index in [1.54, 1.807) is 0 Å². The Bertz CT molecular complexity index is 170. The summed E-state index contributed by atoms with van der Waals surface area (Å²) < 4.78 is 0. The molecule has 2 saturated heterocycles. The van der Waals surface area contributed by atoms with Crippen molar-refractivity contribution >= 4 is 0 Å². The molecule has 13 heavy (non-hydrogen) atoms. The standard InChI is InChI=1S/C12H20N/c1-2-5-10(6-3-1)13-11-7-4-8-12(13)9-11/h1,10-12H,2-9H2. The molecule has 0 aromatic carbocycles. The van der Waals surface area contributed by atoms with Gasteiger partial charge in [-0.05, 0) is 51.4 Å². The van der Waals surface area contributed by atoms with E-state index in [0.29, 0.717) is 0 Å². The van der Waals surface area contributed by atoms with Crippen molar-refractivity contribution in [1.82, 2.24) is 4.90 Å². The lowest BCUT2D eigenvalue weighted by molar-refractivity contribution is -0.0686. The minimum Gasteiger partial charge on any atom is -0.294 e. The summed E-state index contributed by atoms with van der Waals surface area (Å²) in [5, 5.41) is 0. The van der Waals surface area contributed by atoms with Gasteiger partial charge >= 0.3 is 0 Å². The van der Waals surface area contributed by atoms with Gasteiger partial charge in [0, 0.05) is 18.1 Å². The fraction of sp³-hybridized carbons (Fsp3) is 0.917. The van der Waals surface area contributed by atoms with Crippen molar-refractivity contribution < 1.29 is 0 Å². The highest BCUT2D eigenvalue weighted by Gasteiger charge is 2.44. The van der Waals surface area contributed by atoms with E-state index in [9.17, 15) is 0 Å². The lowest BCUT2D eigenvalue weighted by Gasteiger charge is -2.57. The summed E-state index contributed by atoms with van der Waals surface area (Å²) >= 11 is 0. The number of nitrogens with zero attached hydrogens (tertiary/aromatic N) is 1. The largest absolute Gasteiger partial charge is 0.294 e. The predicted octanol–water partition coefficient (Wildman–Crippen LogP) is 2.76. The van der Waals surface area contributed by atoms with E-state index in [-0.39, 0.29) is 0 Å². The van der Waals surface area contributed by atoms with E-state index in [0.717, 1.165) is 18.1 Å². The molecule has 1 radical (unpaired) electrons. The van der Waals surface area contributed by atoms with E-state index < -0.39 is 0 Å². The van der Waals surface area contributed by atoms with E-state index in [1.807, 2.05) is 0 Å². The fourth-order valence-electron chi connectivity index (χ4n) is 3.64. The summed E-state index contributed by atoms with van der Waals surface area (Å²) in [7, 11) is 0. The molecule has 0 aromatic heterocycles. The van der Waals surface area contributed by atoms with Gasteiger partial charge in [0.15, 0.2) is 0 Å². The molecule has 0 amide bonds. The lowest BCUT2D eigenvalue weighted by atomic mass is 9.76. The molecule has 3 aliphatic rings. The zero-order chi connectivity index (χ0) is 8.67. The molecule has 2 aliphatic heterocycles. The van der Waals surface area contributed by atoms with Gasteiger partial charge in [0.25, 0.3) is 0 Å². The summed E-state index contributed by atoms with van der Waals surface area (Å²) in [5.41, 5.74) is 0. The van der Waals surface area contributed by atoms with Crippen molar-refractivity contribution in [2.75, 3.05) is 0 Å². The summed E-state index contributed by atoms with van der Waals surface area (Å²) in [6.45, 7) is 0. The molecule has 3 rings (SSSR count). The maximum absolute atomic E-state index is 2.87. The average molecular weight is 178 g/mol. The first kappa shape index (κ1) is 8.28. The molecule has 2 heterocycles. The minimum atomic E-state index is 0.967. The molecule has 0 aromatic rings. The summed E-state index contributed by atoms with van der Waals surface area (Å²) in [6.07, 6.45) is 14.2. The second-order valence-electron chi connectivity index (χ2n) is 5.02. The highest BCUT2D eigenvalue weighted by atomic mass is 15.3. The van der Waals surface area contributed by atoms with E-state index in [1.165, 1.54) is 51.4 Å². The Morgan fingerprint density at radius 3 is 2.15 bits per heavy atom. The van der Waals surface area contributed by atoms with Gasteiger partial charge in [0.05, 0.1) is 0 Å². The third kappa shape index (κ3) is 1.32. The molecular weight excluding hydrogens is 158 g/mol. The number of fused-ring (bicyclic) bond motifs is 2. The van der Waals surface area contributed by atoms with Crippen LogP contribution in [0.25, 0.3) is 0 Å². The molecule has 1 aliphatic carbocycles. The molecule has 0 spiro atoms. The smallest absolute Gasteiger partial charge is 0.0116 e. The molecule has 73 valence electrons. The van der Waals surface area contributed by atoms with Crippen LogP contribution in [-0.2, 0) is 0 Å². The van der Waals surface area contributed by atoms with E-state index in [4.69, 9.17) is 0 Å². The fourth-order valence-corrected chi connectivity index (χ4v) is 3.64. The van der Waals surface area contributed by atoms with Crippen molar-refractivity contribution in [3.8, 4) is 0 Å². The van der Waals surface area contributed by atoms with Crippen LogP contribution in [0.1, 0.15) is 51.4 Å². The lowest BCUT2D eigenvalue weighted by Crippen LogP contribution is -2.62. The monoisotopic (exact) mass is 178 g/mol. The van der Waals surface area contributed by atoms with Crippen LogP contribution in [0.4, 0.5) is 0 Å². The molecular formula is C12H20N. The topological polar surface area (TPSA) is 3.24 Å². The van der Waals surface area contributed by atoms with Crippen molar-refractivity contribution in [2.45, 2.75) is 69.5 Å². The first-order valence-corrected chi connectivity index (χ1v) is 6.04. The second-order valence-corrected chi connectivity index (χ2v) is 5.02. The highest BCUT2D eigenvalue weighted by molar-refractivity contribution is 5.01. The van der Waals surface area contributed by atoms with Crippen LogP contribution in [0.3, 0.4) is 0 Å². The first-order valence-electron chi connectivity index (χ1n) is 6.04. The van der Waals surface area contributed by atoms with Crippen LogP contribution in [0, 0.1) is 6.42 Å². The van der Waals surface area contributed by atoms with Crippen LogP contribution in [0.15, 0.2) is 0 Å². The maximum atomic E-state index is 2.87. The van der Waals surface area contributed by atoms with Crippen LogP contribution in [0.2, 0.25) is 0 Å². The zero-order valence-electron chi connectivity index (χ0n) is 8.41. The van der Waals surface area contributed by atoms with Gasteiger partial charge in [-0.3, -0.25) is 4.90 Å². The van der Waals surface area contributed by atoms with Gasteiger partial charge in [0.2, 0.25) is 0 Å². The van der Waals surface area contributed by atoms with Crippen LogP contribution >= 0.6 is 0 Å². The van der Waals surface area contributed by atoms with Gasteiger partial charge in [-0.15, -0.1) is 0 Å². The Hall–Kier alpha value is -0.0400. The summed E-state index contributed by atoms with van der Waals surface area (Å²) in [4.78, 5) is 2.87. The van der Waals surface area contributed by atoms with E-state index in [2.05, 4.69) is 11.3 Å². The van der Waals surface area contributed by atoms with Gasteiger partial charge in [-0.25, -0.2) is 0 Å². The van der Waals surface area contributed by atoms with Gasteiger partial charge in [-0.2, -0.15) is 0 Å². The van der Waals surface area contributed by atoms with Gasteiger partial charge < -0.3 is 0 Å². The van der Waals surface area contributed by atoms with Crippen LogP contribution in [0.5, 0.6) is 0 Å². The average Bonchev–Trinajstić information content (AvgIpc) is 2.20. The number of rotatable bonds is 1. The molecule has 1 saturated carbocycles.